The molecule has 1 aromatic carbocycles. The molecule has 2 aromatic rings. The van der Waals surface area contributed by atoms with Crippen molar-refractivity contribution in [3.05, 3.63) is 51.7 Å². The molecule has 0 radical (unpaired) electrons. The Bertz CT molecular complexity index is 489. The van der Waals surface area contributed by atoms with Crippen LogP contribution in [0.5, 0.6) is 5.75 Å². The summed E-state index contributed by atoms with van der Waals surface area (Å²) in [6.45, 7) is 5.27. The van der Waals surface area contributed by atoms with Gasteiger partial charge in [0.05, 0.1) is 7.11 Å². The molecule has 0 aliphatic rings. The molecule has 1 heterocycles. The van der Waals surface area contributed by atoms with Gasteiger partial charge in [0.15, 0.2) is 0 Å². The molecular weight excluding hydrogens is 242 g/mol. The first-order chi connectivity index (χ1) is 8.70. The predicted molar refractivity (Wildman–Crippen MR) is 77.3 cm³/mol. The van der Waals surface area contributed by atoms with E-state index in [1.807, 2.05) is 23.5 Å². The van der Waals surface area contributed by atoms with Crippen LogP contribution >= 0.6 is 11.3 Å². The molecule has 1 aromatic heterocycles. The zero-order valence-corrected chi connectivity index (χ0v) is 11.9. The fourth-order valence-corrected chi connectivity index (χ4v) is 2.70. The van der Waals surface area contributed by atoms with Crippen molar-refractivity contribution in [2.24, 2.45) is 0 Å². The Kier molecular flexibility index (Phi) is 4.39. The molecule has 0 aliphatic heterocycles. The van der Waals surface area contributed by atoms with Crippen molar-refractivity contribution >= 4 is 11.3 Å². The highest BCUT2D eigenvalue weighted by Gasteiger charge is 2.06. The maximum atomic E-state index is 5.16. The lowest BCUT2D eigenvalue weighted by atomic mass is 10.1. The molecule has 2 nitrogen and oxygen atoms in total. The number of nitrogens with one attached hydrogen (secondary N) is 1. The molecule has 3 heteroatoms. The van der Waals surface area contributed by atoms with Crippen molar-refractivity contribution < 1.29 is 4.74 Å². The third-order valence-electron chi connectivity index (χ3n) is 3.15. The van der Waals surface area contributed by atoms with Crippen LogP contribution in [0.1, 0.15) is 29.0 Å². The number of hydrogen-bond acceptors (Lipinski definition) is 3. The minimum atomic E-state index is 0.345. The Morgan fingerprint density at radius 1 is 1.22 bits per heavy atom. The first-order valence-corrected chi connectivity index (χ1v) is 6.99. The van der Waals surface area contributed by atoms with E-state index in [0.29, 0.717) is 6.04 Å². The van der Waals surface area contributed by atoms with E-state index in [4.69, 9.17) is 4.74 Å². The highest BCUT2D eigenvalue weighted by atomic mass is 32.1. The molecule has 0 saturated heterocycles. The number of methoxy groups -OCH3 is 1. The maximum Gasteiger partial charge on any atom is 0.118 e. The Labute approximate surface area is 113 Å². The lowest BCUT2D eigenvalue weighted by molar-refractivity contribution is 0.414. The molecule has 0 spiro atoms. The zero-order valence-electron chi connectivity index (χ0n) is 11.1. The maximum absolute atomic E-state index is 5.16. The van der Waals surface area contributed by atoms with Crippen molar-refractivity contribution in [2.75, 3.05) is 7.11 Å². The largest absolute Gasteiger partial charge is 0.497 e. The average Bonchev–Trinajstić information content (AvgIpc) is 2.81. The van der Waals surface area contributed by atoms with Crippen LogP contribution < -0.4 is 10.1 Å². The number of benzene rings is 1. The van der Waals surface area contributed by atoms with E-state index in [0.717, 1.165) is 12.3 Å². The molecule has 0 bridgehead atoms. The van der Waals surface area contributed by atoms with E-state index >= 15 is 0 Å². The summed E-state index contributed by atoms with van der Waals surface area (Å²) < 4.78 is 5.16. The number of hydrogen-bond donors (Lipinski definition) is 1. The summed E-state index contributed by atoms with van der Waals surface area (Å²) in [5.41, 5.74) is 2.65. The molecule has 0 amide bonds. The van der Waals surface area contributed by atoms with Gasteiger partial charge in [0, 0.05) is 17.5 Å². The minimum Gasteiger partial charge on any atom is -0.497 e. The second kappa shape index (κ2) is 6.03. The number of ether oxygens (including phenoxy) is 1. The molecule has 18 heavy (non-hydrogen) atoms. The summed E-state index contributed by atoms with van der Waals surface area (Å²) in [5.74, 6) is 0.903. The van der Waals surface area contributed by atoms with E-state index in [1.54, 1.807) is 7.11 Å². The van der Waals surface area contributed by atoms with E-state index in [1.165, 1.54) is 16.0 Å². The molecular formula is C15H19NOS. The van der Waals surface area contributed by atoms with Gasteiger partial charge in [0.2, 0.25) is 0 Å². The van der Waals surface area contributed by atoms with E-state index in [9.17, 15) is 0 Å². The Hall–Kier alpha value is -1.32. The zero-order chi connectivity index (χ0) is 13.0. The Balaban J connectivity index is 1.94. The average molecular weight is 261 g/mol. The van der Waals surface area contributed by atoms with Crippen LogP contribution in [-0.4, -0.2) is 7.11 Å². The van der Waals surface area contributed by atoms with Crippen LogP contribution in [0.15, 0.2) is 35.7 Å². The van der Waals surface area contributed by atoms with Crippen LogP contribution in [0, 0.1) is 6.92 Å². The van der Waals surface area contributed by atoms with Gasteiger partial charge in [0.1, 0.15) is 5.75 Å². The van der Waals surface area contributed by atoms with Crippen molar-refractivity contribution in [3.63, 3.8) is 0 Å². The normalized spacial score (nSPS) is 12.4. The van der Waals surface area contributed by atoms with Crippen LogP contribution in [0.4, 0.5) is 0 Å². The van der Waals surface area contributed by atoms with Crippen LogP contribution in [0.3, 0.4) is 0 Å². The molecule has 0 fully saturated rings. The molecule has 1 unspecified atom stereocenters. The molecule has 1 atom stereocenters. The van der Waals surface area contributed by atoms with Gasteiger partial charge in [-0.15, -0.1) is 11.3 Å². The minimum absolute atomic E-state index is 0.345. The highest BCUT2D eigenvalue weighted by Crippen LogP contribution is 2.20. The smallest absolute Gasteiger partial charge is 0.118 e. The summed E-state index contributed by atoms with van der Waals surface area (Å²) in [5, 5.41) is 5.69. The second-order valence-corrected chi connectivity index (χ2v) is 5.40. The third-order valence-corrected chi connectivity index (χ3v) is 4.18. The van der Waals surface area contributed by atoms with Crippen molar-refractivity contribution in [1.82, 2.24) is 5.32 Å². The fraction of sp³-hybridized carbons (Fsp3) is 0.333. The van der Waals surface area contributed by atoms with Gasteiger partial charge < -0.3 is 10.1 Å². The lowest BCUT2D eigenvalue weighted by Crippen LogP contribution is -2.17. The Morgan fingerprint density at radius 2 is 1.94 bits per heavy atom. The number of thiophene rings is 1. The van der Waals surface area contributed by atoms with Crippen molar-refractivity contribution in [2.45, 2.75) is 26.4 Å². The summed E-state index contributed by atoms with van der Waals surface area (Å²) in [6, 6.07) is 10.7. The van der Waals surface area contributed by atoms with E-state index in [2.05, 4.69) is 42.7 Å². The molecule has 0 aliphatic carbocycles. The second-order valence-electron chi connectivity index (χ2n) is 4.40. The quantitative estimate of drug-likeness (QED) is 0.881. The van der Waals surface area contributed by atoms with Gasteiger partial charge in [-0.2, -0.15) is 0 Å². The summed E-state index contributed by atoms with van der Waals surface area (Å²) in [7, 11) is 1.69. The summed E-state index contributed by atoms with van der Waals surface area (Å²) in [4.78, 5) is 1.41. The fourth-order valence-electron chi connectivity index (χ4n) is 1.84. The number of aryl methyl sites for hydroxylation is 1. The van der Waals surface area contributed by atoms with Gasteiger partial charge >= 0.3 is 0 Å². The molecule has 2 rings (SSSR count). The Morgan fingerprint density at radius 3 is 2.50 bits per heavy atom. The van der Waals surface area contributed by atoms with E-state index in [-0.39, 0.29) is 0 Å². The van der Waals surface area contributed by atoms with Gasteiger partial charge in [-0.25, -0.2) is 0 Å². The molecule has 0 saturated carbocycles. The molecule has 1 N–H and O–H groups in total. The van der Waals surface area contributed by atoms with Crippen LogP contribution in [-0.2, 0) is 6.54 Å². The van der Waals surface area contributed by atoms with Gasteiger partial charge in [-0.3, -0.25) is 0 Å². The topological polar surface area (TPSA) is 21.3 Å². The monoisotopic (exact) mass is 261 g/mol. The third kappa shape index (κ3) is 3.12. The SMILES string of the molecule is COc1ccc(C(C)NCc2sccc2C)cc1. The number of rotatable bonds is 5. The first-order valence-electron chi connectivity index (χ1n) is 6.11. The molecule has 96 valence electrons. The van der Waals surface area contributed by atoms with Gasteiger partial charge in [0.25, 0.3) is 0 Å². The standard InChI is InChI=1S/C15H19NOS/c1-11-8-9-18-15(11)10-16-12(2)13-4-6-14(17-3)7-5-13/h4-9,12,16H,10H2,1-3H3. The van der Waals surface area contributed by atoms with Crippen LogP contribution in [0.2, 0.25) is 0 Å². The van der Waals surface area contributed by atoms with E-state index < -0.39 is 0 Å². The van der Waals surface area contributed by atoms with Gasteiger partial charge in [-0.05, 0) is 48.6 Å². The van der Waals surface area contributed by atoms with Crippen LogP contribution in [0.25, 0.3) is 0 Å². The van der Waals surface area contributed by atoms with Crippen molar-refractivity contribution in [1.29, 1.82) is 0 Å². The highest BCUT2D eigenvalue weighted by molar-refractivity contribution is 7.10. The van der Waals surface area contributed by atoms with Crippen molar-refractivity contribution in [3.8, 4) is 5.75 Å². The van der Waals surface area contributed by atoms with Gasteiger partial charge in [-0.1, -0.05) is 12.1 Å². The predicted octanol–water partition coefficient (Wildman–Crippen LogP) is 3.92. The lowest BCUT2D eigenvalue weighted by Gasteiger charge is -2.14. The summed E-state index contributed by atoms with van der Waals surface area (Å²) in [6.07, 6.45) is 0. The first kappa shape index (κ1) is 13.1. The summed E-state index contributed by atoms with van der Waals surface area (Å²) >= 11 is 1.81.